The molecule has 1 atom stereocenters. The van der Waals surface area contributed by atoms with Crippen LogP contribution in [0.1, 0.15) is 46.6 Å². The Bertz CT molecular complexity index is 1110. The van der Waals surface area contributed by atoms with E-state index >= 15 is 0 Å². The molecular formula is C25H23FN2O2S. The fraction of sp³-hybridized carbons (Fsp3) is 0.200. The van der Waals surface area contributed by atoms with Gasteiger partial charge in [-0.3, -0.25) is 14.5 Å². The normalized spacial score (nSPS) is 16.1. The lowest BCUT2D eigenvalue weighted by molar-refractivity contribution is -0.115. The van der Waals surface area contributed by atoms with Crippen molar-refractivity contribution in [3.63, 3.8) is 0 Å². The molecule has 0 saturated carbocycles. The number of carbonyl (C=O) groups is 2. The van der Waals surface area contributed by atoms with Gasteiger partial charge in [0.05, 0.1) is 5.75 Å². The van der Waals surface area contributed by atoms with Crippen LogP contribution in [0.5, 0.6) is 0 Å². The van der Waals surface area contributed by atoms with Gasteiger partial charge in [-0.15, -0.1) is 11.8 Å². The van der Waals surface area contributed by atoms with Crippen LogP contribution in [0.15, 0.2) is 72.8 Å². The third-order valence-corrected chi connectivity index (χ3v) is 6.43. The molecular weight excluding hydrogens is 411 g/mol. The summed E-state index contributed by atoms with van der Waals surface area (Å²) < 4.78 is 13.1. The second-order valence-electron chi connectivity index (χ2n) is 7.73. The molecule has 4 nitrogen and oxygen atoms in total. The highest BCUT2D eigenvalue weighted by molar-refractivity contribution is 8.00. The highest BCUT2D eigenvalue weighted by atomic mass is 32.2. The van der Waals surface area contributed by atoms with Crippen molar-refractivity contribution in [2.24, 2.45) is 0 Å². The largest absolute Gasteiger partial charge is 0.322 e. The molecule has 1 saturated heterocycles. The molecule has 0 spiro atoms. The maximum absolute atomic E-state index is 13.1. The van der Waals surface area contributed by atoms with E-state index in [1.165, 1.54) is 24.3 Å². The molecule has 1 N–H and O–H groups in total. The topological polar surface area (TPSA) is 49.4 Å². The van der Waals surface area contributed by atoms with E-state index < -0.39 is 0 Å². The molecule has 0 radical (unpaired) electrons. The van der Waals surface area contributed by atoms with Gasteiger partial charge in [0.2, 0.25) is 5.91 Å². The van der Waals surface area contributed by atoms with Crippen LogP contribution in [0.3, 0.4) is 0 Å². The lowest BCUT2D eigenvalue weighted by Crippen LogP contribution is -2.29. The number of para-hydroxylation sites is 1. The summed E-state index contributed by atoms with van der Waals surface area (Å²) in [5.74, 6) is 0.0708. The standard InChI is InChI=1S/C25H23FN2O2S/c1-16(2)21-8-3-4-9-22(21)28-23(29)15-31-25(28)18-6-5-7-20(14-18)27-24(30)17-10-12-19(26)13-11-17/h3-14,16,25H,15H2,1-2H3,(H,27,30)/t25-/m1/s1. The predicted octanol–water partition coefficient (Wildman–Crippen LogP) is 5.98. The number of rotatable bonds is 5. The lowest BCUT2D eigenvalue weighted by Gasteiger charge is -2.28. The molecule has 1 aliphatic heterocycles. The minimum absolute atomic E-state index is 0.0730. The second kappa shape index (κ2) is 8.94. The first kappa shape index (κ1) is 21.1. The molecule has 0 aromatic heterocycles. The number of thioether (sulfide) groups is 1. The van der Waals surface area contributed by atoms with E-state index in [0.717, 1.165) is 16.8 Å². The van der Waals surface area contributed by atoms with Gasteiger partial charge in [0, 0.05) is 16.9 Å². The van der Waals surface area contributed by atoms with E-state index in [4.69, 9.17) is 0 Å². The van der Waals surface area contributed by atoms with Gasteiger partial charge in [-0.1, -0.05) is 44.2 Å². The maximum atomic E-state index is 13.1. The number of nitrogens with one attached hydrogen (secondary N) is 1. The summed E-state index contributed by atoms with van der Waals surface area (Å²) >= 11 is 1.57. The van der Waals surface area contributed by atoms with Gasteiger partial charge >= 0.3 is 0 Å². The molecule has 1 heterocycles. The number of hydrogen-bond donors (Lipinski definition) is 1. The molecule has 0 aliphatic carbocycles. The van der Waals surface area contributed by atoms with Crippen LogP contribution < -0.4 is 10.2 Å². The summed E-state index contributed by atoms with van der Waals surface area (Å²) in [5, 5.41) is 2.69. The van der Waals surface area contributed by atoms with Gasteiger partial charge in [0.25, 0.3) is 5.91 Å². The van der Waals surface area contributed by atoms with E-state index in [2.05, 4.69) is 25.2 Å². The van der Waals surface area contributed by atoms with Gasteiger partial charge in [0.1, 0.15) is 11.2 Å². The first-order valence-electron chi connectivity index (χ1n) is 10.1. The quantitative estimate of drug-likeness (QED) is 0.537. The van der Waals surface area contributed by atoms with Crippen LogP contribution in [-0.2, 0) is 4.79 Å². The van der Waals surface area contributed by atoms with Crippen LogP contribution in [0.2, 0.25) is 0 Å². The Balaban J connectivity index is 1.61. The van der Waals surface area contributed by atoms with E-state index in [9.17, 15) is 14.0 Å². The first-order valence-corrected chi connectivity index (χ1v) is 11.2. The molecule has 4 rings (SSSR count). The van der Waals surface area contributed by atoms with Crippen molar-refractivity contribution >= 4 is 35.0 Å². The van der Waals surface area contributed by atoms with Crippen molar-refractivity contribution in [2.75, 3.05) is 16.0 Å². The highest BCUT2D eigenvalue weighted by Crippen LogP contribution is 2.44. The van der Waals surface area contributed by atoms with Gasteiger partial charge in [-0.2, -0.15) is 0 Å². The Kier molecular flexibility index (Phi) is 6.09. The number of amides is 2. The zero-order chi connectivity index (χ0) is 22.0. The van der Waals surface area contributed by atoms with Crippen molar-refractivity contribution in [3.05, 3.63) is 95.3 Å². The summed E-state index contributed by atoms with van der Waals surface area (Å²) in [6, 6.07) is 20.9. The third kappa shape index (κ3) is 4.49. The van der Waals surface area contributed by atoms with Gasteiger partial charge in [-0.25, -0.2) is 4.39 Å². The predicted molar refractivity (Wildman–Crippen MR) is 124 cm³/mol. The fourth-order valence-electron chi connectivity index (χ4n) is 3.70. The number of anilines is 2. The van der Waals surface area contributed by atoms with E-state index in [1.54, 1.807) is 17.8 Å². The fourth-order valence-corrected chi connectivity index (χ4v) is 4.86. The number of nitrogens with zero attached hydrogens (tertiary/aromatic N) is 1. The van der Waals surface area contributed by atoms with Crippen LogP contribution in [0.4, 0.5) is 15.8 Å². The SMILES string of the molecule is CC(C)c1ccccc1N1C(=O)CS[C@@H]1c1cccc(NC(=O)c2ccc(F)cc2)c1. The van der Waals surface area contributed by atoms with E-state index in [1.807, 2.05) is 41.3 Å². The minimum atomic E-state index is -0.386. The zero-order valence-electron chi connectivity index (χ0n) is 17.3. The molecule has 31 heavy (non-hydrogen) atoms. The van der Waals surface area contributed by atoms with Crippen LogP contribution in [0.25, 0.3) is 0 Å². The Hall–Kier alpha value is -3.12. The Morgan fingerprint density at radius 1 is 1.06 bits per heavy atom. The van der Waals surface area contributed by atoms with Gasteiger partial charge in [-0.05, 0) is 59.5 Å². The maximum Gasteiger partial charge on any atom is 0.255 e. The minimum Gasteiger partial charge on any atom is -0.322 e. The lowest BCUT2D eigenvalue weighted by atomic mass is 10.00. The Morgan fingerprint density at radius 2 is 1.81 bits per heavy atom. The van der Waals surface area contributed by atoms with Crippen molar-refractivity contribution in [1.82, 2.24) is 0 Å². The number of halogens is 1. The van der Waals surface area contributed by atoms with Gasteiger partial charge in [0.15, 0.2) is 0 Å². The molecule has 1 fully saturated rings. The first-order chi connectivity index (χ1) is 14.9. The van der Waals surface area contributed by atoms with Crippen LogP contribution in [-0.4, -0.2) is 17.6 Å². The smallest absolute Gasteiger partial charge is 0.255 e. The van der Waals surface area contributed by atoms with Crippen molar-refractivity contribution in [3.8, 4) is 0 Å². The Labute approximate surface area is 185 Å². The molecule has 6 heteroatoms. The molecule has 0 bridgehead atoms. The molecule has 2 amide bonds. The van der Waals surface area contributed by atoms with Crippen LogP contribution in [0, 0.1) is 5.82 Å². The summed E-state index contributed by atoms with van der Waals surface area (Å²) in [5.41, 5.74) is 4.00. The number of benzene rings is 3. The average molecular weight is 435 g/mol. The molecule has 3 aromatic rings. The summed E-state index contributed by atoms with van der Waals surface area (Å²) in [7, 11) is 0. The van der Waals surface area contributed by atoms with Crippen LogP contribution >= 0.6 is 11.8 Å². The second-order valence-corrected chi connectivity index (χ2v) is 8.80. The van der Waals surface area contributed by atoms with Gasteiger partial charge < -0.3 is 5.32 Å². The zero-order valence-corrected chi connectivity index (χ0v) is 18.2. The summed E-state index contributed by atoms with van der Waals surface area (Å²) in [6.07, 6.45) is 0. The number of hydrogen-bond acceptors (Lipinski definition) is 3. The third-order valence-electron chi connectivity index (χ3n) is 5.22. The molecule has 158 valence electrons. The summed E-state index contributed by atoms with van der Waals surface area (Å²) in [4.78, 5) is 27.2. The summed E-state index contributed by atoms with van der Waals surface area (Å²) in [6.45, 7) is 4.24. The van der Waals surface area contributed by atoms with Crippen molar-refractivity contribution in [1.29, 1.82) is 0 Å². The molecule has 3 aromatic carbocycles. The van der Waals surface area contributed by atoms with Crippen molar-refractivity contribution in [2.45, 2.75) is 25.1 Å². The monoisotopic (exact) mass is 434 g/mol. The highest BCUT2D eigenvalue weighted by Gasteiger charge is 2.35. The van der Waals surface area contributed by atoms with E-state index in [0.29, 0.717) is 17.0 Å². The average Bonchev–Trinajstić information content (AvgIpc) is 3.15. The van der Waals surface area contributed by atoms with Crippen molar-refractivity contribution < 1.29 is 14.0 Å². The Morgan fingerprint density at radius 3 is 2.55 bits per heavy atom. The molecule has 0 unspecified atom stereocenters. The van der Waals surface area contributed by atoms with E-state index in [-0.39, 0.29) is 28.9 Å². The number of carbonyl (C=O) groups excluding carboxylic acids is 2. The molecule has 1 aliphatic rings.